The lowest BCUT2D eigenvalue weighted by Crippen LogP contribution is -2.39. The van der Waals surface area contributed by atoms with Crippen LogP contribution in [-0.2, 0) is 43.6 Å². The van der Waals surface area contributed by atoms with Gasteiger partial charge in [-0.25, -0.2) is 17.5 Å². The van der Waals surface area contributed by atoms with Crippen molar-refractivity contribution in [3.63, 3.8) is 0 Å². The zero-order valence-electron chi connectivity index (χ0n) is 49.8. The van der Waals surface area contributed by atoms with E-state index in [0.29, 0.717) is 18.3 Å². The first-order valence-corrected chi connectivity index (χ1v) is 25.8. The van der Waals surface area contributed by atoms with Crippen LogP contribution in [0.25, 0.3) is 0 Å². The summed E-state index contributed by atoms with van der Waals surface area (Å²) < 4.78 is 35.3. The second-order valence-electron chi connectivity index (χ2n) is 23.8. The van der Waals surface area contributed by atoms with Gasteiger partial charge in [-0.3, -0.25) is 33.6 Å². The topological polar surface area (TPSA) is 189 Å². The molecule has 0 atom stereocenters. The Hall–Kier alpha value is -4.35. The summed E-state index contributed by atoms with van der Waals surface area (Å²) in [6.45, 7) is 56.7. The number of carbonyl (C=O) groups excluding carboxylic acids is 7. The zero-order valence-corrected chi connectivity index (χ0v) is 51.3. The SMILES string of the molecule is C#CC(=O)CC(C)(C)C.C#CC(C)(C)C.C=CC(=O)CC(C)(C)C.C=CC(C)(C)C.C=CS(=O)(=O)NC(C)(C)C.CC(=O)CC(=O)C(C)(C)C.CC(C)C(=O)CC#N.CC(C)C(=O)CCl.CC(C)C(=O)CF. The van der Waals surface area contributed by atoms with Crippen molar-refractivity contribution in [2.24, 2.45) is 44.8 Å². The van der Waals surface area contributed by atoms with Gasteiger partial charge < -0.3 is 0 Å². The summed E-state index contributed by atoms with van der Waals surface area (Å²) in [5.41, 5.74) is -0.284. The molecule has 0 spiro atoms. The highest BCUT2D eigenvalue weighted by Gasteiger charge is 2.22. The molecule has 0 amide bonds. The molecule has 0 heterocycles. The van der Waals surface area contributed by atoms with E-state index in [1.165, 1.54) is 13.0 Å². The van der Waals surface area contributed by atoms with Crippen molar-refractivity contribution in [3.05, 3.63) is 37.3 Å². The van der Waals surface area contributed by atoms with Crippen LogP contribution in [0.15, 0.2) is 37.3 Å². The van der Waals surface area contributed by atoms with E-state index >= 15 is 0 Å². The van der Waals surface area contributed by atoms with Gasteiger partial charge in [-0.15, -0.1) is 36.9 Å². The summed E-state index contributed by atoms with van der Waals surface area (Å²) >= 11 is 5.20. The molecule has 0 aromatic rings. The van der Waals surface area contributed by atoms with Crippen LogP contribution in [0.4, 0.5) is 4.39 Å². The standard InChI is InChI=1S/C8H14O2.C8H14O.C8H12O.C6H13NO2S.C6H9NO.C6H12.C6H10.C5H9ClO.C5H9FO/c1-6(9)5-7(10)8(2,3)4;2*1-5-7(9)6-8(2,3)4;1-5-10(8,9)7-6(2,3)4;1-5(2)6(8)3-4-7;2*1-5-6(2,3)4;2*1-4(2)5(7)3-6/h5H2,1-4H3;5H,1,6H2,2-4H3;1H,6H2,2-4H3;5,7H,1H2,2-4H3;5H,3H2,1-2H3;5H,1H2,2-4H3;1H,2-4H3;2*4H,3H2,1-2H3. The number of nitriles is 1. The summed E-state index contributed by atoms with van der Waals surface area (Å²) in [6.07, 6.45) is 14.4. The van der Waals surface area contributed by atoms with Crippen LogP contribution < -0.4 is 4.72 Å². The molecule has 0 aromatic carbocycles. The zero-order chi connectivity index (χ0) is 60.5. The highest BCUT2D eigenvalue weighted by molar-refractivity contribution is 7.92. The molecule has 0 rings (SSSR count). The van der Waals surface area contributed by atoms with E-state index in [-0.39, 0.29) is 98.6 Å². The number of hydrogen-bond donors (Lipinski definition) is 1. The smallest absolute Gasteiger partial charge is 0.233 e. The molecule has 0 bridgehead atoms. The summed E-state index contributed by atoms with van der Waals surface area (Å²) in [6, 6.07) is 1.80. The molecule has 0 saturated carbocycles. The van der Waals surface area contributed by atoms with Crippen LogP contribution >= 0.6 is 11.6 Å². The molecule has 0 saturated heterocycles. The predicted octanol–water partition coefficient (Wildman–Crippen LogP) is 13.9. The molecule has 11 nitrogen and oxygen atoms in total. The van der Waals surface area contributed by atoms with Gasteiger partial charge in [0.1, 0.15) is 29.8 Å². The molecule has 1 N–H and O–H groups in total. The highest BCUT2D eigenvalue weighted by atomic mass is 35.5. The van der Waals surface area contributed by atoms with Gasteiger partial charge in [0.05, 0.1) is 24.8 Å². The number of allylic oxidation sites excluding steroid dienone is 2. The van der Waals surface area contributed by atoms with Crippen molar-refractivity contribution in [3.8, 4) is 30.8 Å². The number of carbonyl (C=O) groups is 7. The molecule has 0 aliphatic rings. The normalized spacial score (nSPS) is 10.7. The van der Waals surface area contributed by atoms with Crippen molar-refractivity contribution in [1.82, 2.24) is 4.72 Å². The van der Waals surface area contributed by atoms with Gasteiger partial charge in [-0.1, -0.05) is 144 Å². The first kappa shape index (κ1) is 87.4. The molecular formula is C58H102ClFN2O9S. The number of Topliss-reactive ketones (excluding diaryl/α,β-unsaturated/α-hetero) is 6. The van der Waals surface area contributed by atoms with Crippen molar-refractivity contribution >= 4 is 62.1 Å². The number of ketones is 7. The average molecular weight is 1060 g/mol. The minimum absolute atomic E-state index is 0.00894. The van der Waals surface area contributed by atoms with Crippen molar-refractivity contribution in [1.29, 1.82) is 5.26 Å². The Kier molecular flexibility index (Phi) is 53.6. The lowest BCUT2D eigenvalue weighted by molar-refractivity contribution is -0.131. The molecule has 72 heavy (non-hydrogen) atoms. The molecule has 0 radical (unpaired) electrons. The Morgan fingerprint density at radius 3 is 1.10 bits per heavy atom. The quantitative estimate of drug-likeness (QED) is 0.0464. The first-order valence-electron chi connectivity index (χ1n) is 23.7. The van der Waals surface area contributed by atoms with Crippen LogP contribution in [-0.4, -0.2) is 67.0 Å². The van der Waals surface area contributed by atoms with Crippen LogP contribution in [0.3, 0.4) is 0 Å². The monoisotopic (exact) mass is 1060 g/mol. The van der Waals surface area contributed by atoms with Crippen molar-refractivity contribution in [2.75, 3.05) is 12.6 Å². The molecule has 0 aromatic heterocycles. The number of terminal acetylenes is 2. The second kappa shape index (κ2) is 44.2. The third-order valence-corrected chi connectivity index (χ3v) is 8.79. The maximum Gasteiger partial charge on any atom is 0.233 e. The summed E-state index contributed by atoms with van der Waals surface area (Å²) in [5.74, 6) is 4.58. The fourth-order valence-electron chi connectivity index (χ4n) is 2.68. The molecule has 14 heteroatoms. The van der Waals surface area contributed by atoms with E-state index in [4.69, 9.17) is 29.7 Å². The van der Waals surface area contributed by atoms with Gasteiger partial charge in [-0.2, -0.15) is 5.26 Å². The van der Waals surface area contributed by atoms with Gasteiger partial charge in [0.25, 0.3) is 0 Å². The Balaban J connectivity index is -0.0000000891. The van der Waals surface area contributed by atoms with Gasteiger partial charge >= 0.3 is 0 Å². The van der Waals surface area contributed by atoms with E-state index in [2.05, 4.69) is 57.1 Å². The summed E-state index contributed by atoms with van der Waals surface area (Å²) in [7, 11) is -3.26. The van der Waals surface area contributed by atoms with Crippen LogP contribution in [0.5, 0.6) is 0 Å². The van der Waals surface area contributed by atoms with E-state index in [1.807, 2.05) is 103 Å². The number of sulfonamides is 1. The van der Waals surface area contributed by atoms with Crippen LogP contribution in [0.1, 0.15) is 199 Å². The first-order chi connectivity index (χ1) is 31.7. The van der Waals surface area contributed by atoms with Crippen molar-refractivity contribution in [2.45, 2.75) is 204 Å². The fraction of sp³-hybridized carbons (Fsp3) is 0.690. The molecule has 0 unspecified atom stereocenters. The number of hydrogen-bond acceptors (Lipinski definition) is 10. The van der Waals surface area contributed by atoms with Gasteiger partial charge in [0, 0.05) is 52.4 Å². The molecule has 0 aliphatic carbocycles. The number of nitrogens with zero attached hydrogens (tertiary/aromatic N) is 1. The highest BCUT2D eigenvalue weighted by Crippen LogP contribution is 2.19. The lowest BCUT2D eigenvalue weighted by Gasteiger charge is -2.18. The van der Waals surface area contributed by atoms with Gasteiger partial charge in [0.2, 0.25) is 15.8 Å². The minimum Gasteiger partial charge on any atom is -0.300 e. The average Bonchev–Trinajstić information content (AvgIpc) is 3.18. The number of rotatable bonds is 13. The maximum atomic E-state index is 11.3. The molecule has 0 fully saturated rings. The third kappa shape index (κ3) is 95.3. The number of nitrogens with one attached hydrogen (secondary N) is 1. The Morgan fingerprint density at radius 2 is 1.03 bits per heavy atom. The predicted molar refractivity (Wildman–Crippen MR) is 303 cm³/mol. The molecule has 0 aliphatic heterocycles. The Morgan fingerprint density at radius 1 is 0.681 bits per heavy atom. The minimum atomic E-state index is -3.26. The largest absolute Gasteiger partial charge is 0.300 e. The Bertz CT molecular complexity index is 1830. The third-order valence-electron chi connectivity index (χ3n) is 7.19. The number of halogens is 2. The fourth-order valence-corrected chi connectivity index (χ4v) is 3.92. The van der Waals surface area contributed by atoms with Crippen LogP contribution in [0.2, 0.25) is 0 Å². The molecular weight excluding hydrogens is 955 g/mol. The summed E-state index contributed by atoms with van der Waals surface area (Å²) in [4.78, 5) is 73.9. The van der Waals surface area contributed by atoms with Crippen LogP contribution in [0, 0.1) is 80.8 Å². The molecule has 418 valence electrons. The van der Waals surface area contributed by atoms with Crippen molar-refractivity contribution < 1.29 is 46.4 Å². The van der Waals surface area contributed by atoms with E-state index < -0.39 is 22.2 Å². The Labute approximate surface area is 446 Å². The van der Waals surface area contributed by atoms with E-state index in [9.17, 15) is 46.4 Å². The van der Waals surface area contributed by atoms with E-state index in [1.54, 1.807) is 54.5 Å². The summed E-state index contributed by atoms with van der Waals surface area (Å²) in [5, 5.41) is 8.92. The maximum absolute atomic E-state index is 11.3. The number of alkyl halides is 2. The second-order valence-corrected chi connectivity index (χ2v) is 25.7. The van der Waals surface area contributed by atoms with Gasteiger partial charge in [0.15, 0.2) is 11.6 Å². The van der Waals surface area contributed by atoms with Gasteiger partial charge in [-0.05, 0) is 76.7 Å². The lowest BCUT2D eigenvalue weighted by atomic mass is 9.88. The van der Waals surface area contributed by atoms with E-state index in [0.717, 1.165) is 5.41 Å².